The molecule has 0 bridgehead atoms. The second-order valence-electron chi connectivity index (χ2n) is 5.78. The topological polar surface area (TPSA) is 38.6 Å². The standard InChI is InChI=1S/C18H18ClN3O/c19-18-16(5-6-17-21-11-12-22(17)18)13-1-3-14(4-2-13)23-15-7-9-20-10-8-15/h1-6,11-12,15,20H,7-10H2. The van der Waals surface area contributed by atoms with E-state index in [1.54, 1.807) is 6.20 Å². The number of nitrogens with one attached hydrogen (secondary N) is 1. The maximum Gasteiger partial charge on any atom is 0.137 e. The minimum atomic E-state index is 0.313. The van der Waals surface area contributed by atoms with Gasteiger partial charge in [-0.25, -0.2) is 4.98 Å². The molecule has 2 aromatic heterocycles. The molecule has 23 heavy (non-hydrogen) atoms. The van der Waals surface area contributed by atoms with Gasteiger partial charge in [0.05, 0.1) is 0 Å². The molecule has 0 amide bonds. The van der Waals surface area contributed by atoms with Gasteiger partial charge >= 0.3 is 0 Å². The molecular weight excluding hydrogens is 310 g/mol. The fraction of sp³-hybridized carbons (Fsp3) is 0.278. The lowest BCUT2D eigenvalue weighted by Crippen LogP contribution is -2.34. The van der Waals surface area contributed by atoms with Gasteiger partial charge in [-0.3, -0.25) is 4.40 Å². The first kappa shape index (κ1) is 14.5. The second-order valence-corrected chi connectivity index (χ2v) is 6.14. The van der Waals surface area contributed by atoms with Crippen LogP contribution in [0.4, 0.5) is 0 Å². The Hall–Kier alpha value is -2.04. The van der Waals surface area contributed by atoms with Crippen molar-refractivity contribution < 1.29 is 4.74 Å². The number of imidazole rings is 1. The van der Waals surface area contributed by atoms with Crippen LogP contribution in [-0.4, -0.2) is 28.6 Å². The Bertz CT molecular complexity index is 807. The predicted molar refractivity (Wildman–Crippen MR) is 92.2 cm³/mol. The van der Waals surface area contributed by atoms with E-state index in [9.17, 15) is 0 Å². The molecular formula is C18H18ClN3O. The minimum absolute atomic E-state index is 0.313. The van der Waals surface area contributed by atoms with Crippen molar-refractivity contribution in [3.05, 3.63) is 53.9 Å². The van der Waals surface area contributed by atoms with Crippen molar-refractivity contribution >= 4 is 17.2 Å². The molecule has 1 aromatic carbocycles. The van der Waals surface area contributed by atoms with Gasteiger partial charge in [0, 0.05) is 18.0 Å². The minimum Gasteiger partial charge on any atom is -0.490 e. The number of halogens is 1. The molecule has 5 heteroatoms. The number of hydrogen-bond donors (Lipinski definition) is 1. The maximum absolute atomic E-state index is 6.50. The third kappa shape index (κ3) is 2.92. The lowest BCUT2D eigenvalue weighted by Gasteiger charge is -2.23. The van der Waals surface area contributed by atoms with E-state index < -0.39 is 0 Å². The Morgan fingerprint density at radius 1 is 1.09 bits per heavy atom. The van der Waals surface area contributed by atoms with E-state index in [1.165, 1.54) is 0 Å². The third-order valence-electron chi connectivity index (χ3n) is 4.26. The molecule has 1 N–H and O–H groups in total. The molecule has 0 unspecified atom stereocenters. The first-order chi connectivity index (χ1) is 11.3. The van der Waals surface area contributed by atoms with E-state index in [1.807, 2.05) is 34.9 Å². The number of pyridine rings is 1. The fourth-order valence-corrected chi connectivity index (χ4v) is 3.31. The second kappa shape index (κ2) is 6.22. The van der Waals surface area contributed by atoms with Gasteiger partial charge in [0.15, 0.2) is 0 Å². The summed E-state index contributed by atoms with van der Waals surface area (Å²) < 4.78 is 7.93. The lowest BCUT2D eigenvalue weighted by atomic mass is 10.1. The average molecular weight is 328 g/mol. The fourth-order valence-electron chi connectivity index (χ4n) is 2.99. The quantitative estimate of drug-likeness (QED) is 0.744. The number of ether oxygens (including phenoxy) is 1. The van der Waals surface area contributed by atoms with Gasteiger partial charge in [-0.1, -0.05) is 23.7 Å². The Kier molecular flexibility index (Phi) is 3.93. The van der Waals surface area contributed by atoms with Crippen LogP contribution in [0.5, 0.6) is 5.75 Å². The Morgan fingerprint density at radius 3 is 2.65 bits per heavy atom. The number of benzene rings is 1. The van der Waals surface area contributed by atoms with Crippen LogP contribution < -0.4 is 10.1 Å². The summed E-state index contributed by atoms with van der Waals surface area (Å²) in [6.45, 7) is 2.06. The van der Waals surface area contributed by atoms with E-state index in [2.05, 4.69) is 22.4 Å². The molecule has 118 valence electrons. The van der Waals surface area contributed by atoms with Gasteiger partial charge in [-0.05, 0) is 55.8 Å². The van der Waals surface area contributed by atoms with E-state index in [-0.39, 0.29) is 0 Å². The van der Waals surface area contributed by atoms with E-state index in [0.29, 0.717) is 11.3 Å². The Balaban J connectivity index is 1.58. The highest BCUT2D eigenvalue weighted by Gasteiger charge is 2.14. The van der Waals surface area contributed by atoms with Crippen molar-refractivity contribution in [2.24, 2.45) is 0 Å². The van der Waals surface area contributed by atoms with Crippen molar-refractivity contribution in [2.75, 3.05) is 13.1 Å². The van der Waals surface area contributed by atoms with E-state index >= 15 is 0 Å². The SMILES string of the molecule is Clc1c(-c2ccc(OC3CCNCC3)cc2)ccc2nccn12. The van der Waals surface area contributed by atoms with Gasteiger partial charge < -0.3 is 10.1 Å². The highest BCUT2D eigenvalue weighted by molar-refractivity contribution is 6.32. The molecule has 3 aromatic rings. The van der Waals surface area contributed by atoms with E-state index in [4.69, 9.17) is 16.3 Å². The maximum atomic E-state index is 6.50. The first-order valence-corrected chi connectivity index (χ1v) is 8.28. The lowest BCUT2D eigenvalue weighted by molar-refractivity contribution is 0.162. The molecule has 1 aliphatic rings. The number of rotatable bonds is 3. The van der Waals surface area contributed by atoms with Gasteiger partial charge in [-0.15, -0.1) is 0 Å². The first-order valence-electron chi connectivity index (χ1n) is 7.91. The van der Waals surface area contributed by atoms with Crippen LogP contribution in [0.15, 0.2) is 48.8 Å². The van der Waals surface area contributed by atoms with Gasteiger partial charge in [0.1, 0.15) is 22.7 Å². The molecule has 4 nitrogen and oxygen atoms in total. The number of piperidine rings is 1. The summed E-state index contributed by atoms with van der Waals surface area (Å²) in [5.74, 6) is 0.917. The van der Waals surface area contributed by atoms with Crippen molar-refractivity contribution in [2.45, 2.75) is 18.9 Å². The van der Waals surface area contributed by atoms with Gasteiger partial charge in [0.2, 0.25) is 0 Å². The van der Waals surface area contributed by atoms with Crippen molar-refractivity contribution in [3.63, 3.8) is 0 Å². The monoisotopic (exact) mass is 327 g/mol. The largest absolute Gasteiger partial charge is 0.490 e. The molecule has 0 atom stereocenters. The average Bonchev–Trinajstić information content (AvgIpc) is 3.07. The molecule has 0 aliphatic carbocycles. The molecule has 1 fully saturated rings. The number of hydrogen-bond acceptors (Lipinski definition) is 3. The van der Waals surface area contributed by atoms with Crippen LogP contribution in [-0.2, 0) is 0 Å². The molecule has 1 saturated heterocycles. The smallest absolute Gasteiger partial charge is 0.137 e. The Morgan fingerprint density at radius 2 is 1.87 bits per heavy atom. The highest BCUT2D eigenvalue weighted by Crippen LogP contribution is 2.30. The van der Waals surface area contributed by atoms with Crippen LogP contribution in [0.3, 0.4) is 0 Å². The zero-order valence-corrected chi connectivity index (χ0v) is 13.5. The summed E-state index contributed by atoms with van der Waals surface area (Å²) in [5, 5.41) is 4.02. The van der Waals surface area contributed by atoms with Crippen molar-refractivity contribution in [1.29, 1.82) is 0 Å². The summed E-state index contributed by atoms with van der Waals surface area (Å²) in [6, 6.07) is 12.1. The zero-order valence-electron chi connectivity index (χ0n) is 12.7. The number of aromatic nitrogens is 2. The summed E-state index contributed by atoms with van der Waals surface area (Å²) >= 11 is 6.50. The molecule has 0 spiro atoms. The molecule has 3 heterocycles. The van der Waals surface area contributed by atoms with Gasteiger partial charge in [-0.2, -0.15) is 0 Å². The van der Waals surface area contributed by atoms with Crippen molar-refractivity contribution in [3.8, 4) is 16.9 Å². The highest BCUT2D eigenvalue weighted by atomic mass is 35.5. The molecule has 1 aliphatic heterocycles. The predicted octanol–water partition coefficient (Wildman–Crippen LogP) is 3.79. The van der Waals surface area contributed by atoms with Crippen LogP contribution in [0, 0.1) is 0 Å². The Labute approximate surface area is 140 Å². The van der Waals surface area contributed by atoms with Crippen molar-refractivity contribution in [1.82, 2.24) is 14.7 Å². The summed E-state index contributed by atoms with van der Waals surface area (Å²) in [6.07, 6.45) is 6.06. The van der Waals surface area contributed by atoms with Crippen LogP contribution in [0.25, 0.3) is 16.8 Å². The number of fused-ring (bicyclic) bond motifs is 1. The molecule has 0 saturated carbocycles. The molecule has 4 rings (SSSR count). The zero-order chi connectivity index (χ0) is 15.6. The van der Waals surface area contributed by atoms with Crippen LogP contribution in [0.1, 0.15) is 12.8 Å². The summed E-state index contributed by atoms with van der Waals surface area (Å²) in [5.41, 5.74) is 2.92. The van der Waals surface area contributed by atoms with E-state index in [0.717, 1.165) is 48.5 Å². The number of nitrogens with zero attached hydrogens (tertiary/aromatic N) is 2. The molecule has 0 radical (unpaired) electrons. The van der Waals surface area contributed by atoms with Crippen LogP contribution >= 0.6 is 11.6 Å². The summed E-state index contributed by atoms with van der Waals surface area (Å²) in [7, 11) is 0. The third-order valence-corrected chi connectivity index (χ3v) is 4.64. The van der Waals surface area contributed by atoms with Gasteiger partial charge in [0.25, 0.3) is 0 Å². The van der Waals surface area contributed by atoms with Crippen LogP contribution in [0.2, 0.25) is 5.15 Å². The summed E-state index contributed by atoms with van der Waals surface area (Å²) in [4.78, 5) is 4.25. The normalized spacial score (nSPS) is 15.9.